The Bertz CT molecular complexity index is 914. The fourth-order valence-corrected chi connectivity index (χ4v) is 2.35. The SMILES string of the molecule is CC(C)Nc1nc(Nc2ccc(F)c(F)c2F)cc(-c2ccccc2)n1. The molecule has 1 aromatic heterocycles. The molecule has 0 fully saturated rings. The maximum Gasteiger partial charge on any atom is 0.225 e. The summed E-state index contributed by atoms with van der Waals surface area (Å²) >= 11 is 0. The van der Waals surface area contributed by atoms with Crippen molar-refractivity contribution >= 4 is 17.5 Å². The van der Waals surface area contributed by atoms with E-state index in [4.69, 9.17) is 0 Å². The highest BCUT2D eigenvalue weighted by molar-refractivity contribution is 5.67. The first-order chi connectivity index (χ1) is 12.4. The molecule has 0 unspecified atom stereocenters. The van der Waals surface area contributed by atoms with Gasteiger partial charge in [0.05, 0.1) is 11.4 Å². The molecular formula is C19H17F3N4. The lowest BCUT2D eigenvalue weighted by molar-refractivity contribution is 0.449. The zero-order valence-corrected chi connectivity index (χ0v) is 14.2. The van der Waals surface area contributed by atoms with Gasteiger partial charge < -0.3 is 10.6 Å². The van der Waals surface area contributed by atoms with Crippen LogP contribution < -0.4 is 10.6 Å². The van der Waals surface area contributed by atoms with Gasteiger partial charge in [-0.15, -0.1) is 0 Å². The third-order valence-electron chi connectivity index (χ3n) is 3.51. The number of nitrogens with zero attached hydrogens (tertiary/aromatic N) is 2. The molecule has 26 heavy (non-hydrogen) atoms. The van der Waals surface area contributed by atoms with Crippen LogP contribution in [-0.2, 0) is 0 Å². The minimum atomic E-state index is -1.53. The summed E-state index contributed by atoms with van der Waals surface area (Å²) in [7, 11) is 0. The van der Waals surface area contributed by atoms with E-state index < -0.39 is 17.5 Å². The molecule has 0 amide bonds. The van der Waals surface area contributed by atoms with Gasteiger partial charge in [-0.3, -0.25) is 0 Å². The van der Waals surface area contributed by atoms with E-state index in [0.717, 1.165) is 17.7 Å². The van der Waals surface area contributed by atoms with Crippen molar-refractivity contribution in [3.8, 4) is 11.3 Å². The zero-order valence-electron chi connectivity index (χ0n) is 14.2. The summed E-state index contributed by atoms with van der Waals surface area (Å²) in [5.74, 6) is -3.49. The predicted octanol–water partition coefficient (Wildman–Crippen LogP) is 5.12. The van der Waals surface area contributed by atoms with Crippen molar-refractivity contribution in [1.82, 2.24) is 9.97 Å². The van der Waals surface area contributed by atoms with Gasteiger partial charge in [0.1, 0.15) is 5.82 Å². The summed E-state index contributed by atoms with van der Waals surface area (Å²) in [5, 5.41) is 5.78. The highest BCUT2D eigenvalue weighted by atomic mass is 19.2. The molecule has 4 nitrogen and oxygen atoms in total. The lowest BCUT2D eigenvalue weighted by atomic mass is 10.1. The topological polar surface area (TPSA) is 49.8 Å². The van der Waals surface area contributed by atoms with Gasteiger partial charge in [0.2, 0.25) is 5.95 Å². The zero-order chi connectivity index (χ0) is 18.7. The normalized spacial score (nSPS) is 10.8. The number of halogens is 3. The Labute approximate surface area is 149 Å². The summed E-state index contributed by atoms with van der Waals surface area (Å²) in [6.45, 7) is 3.86. The second kappa shape index (κ2) is 7.43. The van der Waals surface area contributed by atoms with Crippen LogP contribution in [-0.4, -0.2) is 16.0 Å². The summed E-state index contributed by atoms with van der Waals surface area (Å²) in [4.78, 5) is 8.72. The molecular weight excluding hydrogens is 341 g/mol. The summed E-state index contributed by atoms with van der Waals surface area (Å²) in [6, 6.07) is 13.0. The van der Waals surface area contributed by atoms with E-state index in [1.807, 2.05) is 44.2 Å². The molecule has 0 aliphatic heterocycles. The summed E-state index contributed by atoms with van der Waals surface area (Å²) in [6.07, 6.45) is 0. The monoisotopic (exact) mass is 358 g/mol. The number of hydrogen-bond acceptors (Lipinski definition) is 4. The number of nitrogens with one attached hydrogen (secondary N) is 2. The van der Waals surface area contributed by atoms with Gasteiger partial charge in [-0.1, -0.05) is 30.3 Å². The molecule has 1 heterocycles. The van der Waals surface area contributed by atoms with E-state index in [1.54, 1.807) is 6.07 Å². The first-order valence-corrected chi connectivity index (χ1v) is 8.05. The average molecular weight is 358 g/mol. The Morgan fingerprint density at radius 3 is 2.31 bits per heavy atom. The molecule has 0 atom stereocenters. The van der Waals surface area contributed by atoms with Crippen LogP contribution in [0.3, 0.4) is 0 Å². The van der Waals surface area contributed by atoms with Crippen molar-refractivity contribution in [2.75, 3.05) is 10.6 Å². The molecule has 134 valence electrons. The lowest BCUT2D eigenvalue weighted by Crippen LogP contribution is -2.13. The van der Waals surface area contributed by atoms with E-state index in [2.05, 4.69) is 20.6 Å². The van der Waals surface area contributed by atoms with Crippen molar-refractivity contribution in [3.63, 3.8) is 0 Å². The van der Waals surface area contributed by atoms with Crippen molar-refractivity contribution in [1.29, 1.82) is 0 Å². The average Bonchev–Trinajstić information content (AvgIpc) is 2.62. The number of benzene rings is 2. The molecule has 3 aromatic rings. The van der Waals surface area contributed by atoms with Gasteiger partial charge >= 0.3 is 0 Å². The van der Waals surface area contributed by atoms with Gasteiger partial charge in [-0.25, -0.2) is 18.2 Å². The van der Waals surface area contributed by atoms with Gasteiger partial charge in [0, 0.05) is 17.7 Å². The minimum Gasteiger partial charge on any atom is -0.352 e. The highest BCUT2D eigenvalue weighted by Gasteiger charge is 2.15. The standard InChI is InChI=1S/C19H17F3N4/c1-11(2)23-19-25-15(12-6-4-3-5-7-12)10-16(26-19)24-14-9-8-13(20)17(21)18(14)22/h3-11H,1-2H3,(H2,23,24,25,26). The third kappa shape index (κ3) is 3.93. The van der Waals surface area contributed by atoms with Crippen molar-refractivity contribution < 1.29 is 13.2 Å². The summed E-state index contributed by atoms with van der Waals surface area (Å²) < 4.78 is 40.5. The molecule has 3 rings (SSSR count). The quantitative estimate of drug-likeness (QED) is 0.621. The molecule has 0 saturated carbocycles. The predicted molar refractivity (Wildman–Crippen MR) is 95.8 cm³/mol. The Morgan fingerprint density at radius 1 is 0.885 bits per heavy atom. The molecule has 7 heteroatoms. The molecule has 0 aliphatic rings. The first kappa shape index (κ1) is 17.7. The smallest absolute Gasteiger partial charge is 0.225 e. The van der Waals surface area contributed by atoms with Gasteiger partial charge in [-0.05, 0) is 26.0 Å². The second-order valence-corrected chi connectivity index (χ2v) is 5.98. The van der Waals surface area contributed by atoms with E-state index in [0.29, 0.717) is 11.6 Å². The Morgan fingerprint density at radius 2 is 1.62 bits per heavy atom. The molecule has 0 bridgehead atoms. The molecule has 0 radical (unpaired) electrons. The van der Waals surface area contributed by atoms with E-state index in [9.17, 15) is 13.2 Å². The van der Waals surface area contributed by atoms with Crippen molar-refractivity contribution in [2.24, 2.45) is 0 Å². The first-order valence-electron chi connectivity index (χ1n) is 8.05. The third-order valence-corrected chi connectivity index (χ3v) is 3.51. The number of aromatic nitrogens is 2. The Balaban J connectivity index is 2.02. The summed E-state index contributed by atoms with van der Waals surface area (Å²) in [5.41, 5.74) is 1.24. The Hall–Kier alpha value is -3.09. The highest BCUT2D eigenvalue weighted by Crippen LogP contribution is 2.26. The molecule has 0 spiro atoms. The van der Waals surface area contributed by atoms with Gasteiger partial charge in [0.15, 0.2) is 17.5 Å². The van der Waals surface area contributed by atoms with Crippen LogP contribution in [0.25, 0.3) is 11.3 Å². The second-order valence-electron chi connectivity index (χ2n) is 5.98. The largest absolute Gasteiger partial charge is 0.352 e. The maximum absolute atomic E-state index is 13.9. The van der Waals surface area contributed by atoms with E-state index in [1.165, 1.54) is 0 Å². The number of rotatable bonds is 5. The van der Waals surface area contributed by atoms with Crippen LogP contribution >= 0.6 is 0 Å². The van der Waals surface area contributed by atoms with Crippen molar-refractivity contribution in [2.45, 2.75) is 19.9 Å². The van der Waals surface area contributed by atoms with Crippen LogP contribution in [0.5, 0.6) is 0 Å². The maximum atomic E-state index is 13.9. The molecule has 0 aliphatic carbocycles. The molecule has 0 saturated heterocycles. The van der Waals surface area contributed by atoms with E-state index >= 15 is 0 Å². The number of hydrogen-bond donors (Lipinski definition) is 2. The fraction of sp³-hybridized carbons (Fsp3) is 0.158. The van der Waals surface area contributed by atoms with E-state index in [-0.39, 0.29) is 17.5 Å². The fourth-order valence-electron chi connectivity index (χ4n) is 2.35. The van der Waals surface area contributed by atoms with Crippen LogP contribution in [0.4, 0.5) is 30.6 Å². The lowest BCUT2D eigenvalue weighted by Gasteiger charge is -2.13. The van der Waals surface area contributed by atoms with Crippen LogP contribution in [0.2, 0.25) is 0 Å². The molecule has 2 N–H and O–H groups in total. The van der Waals surface area contributed by atoms with Gasteiger partial charge in [0.25, 0.3) is 0 Å². The van der Waals surface area contributed by atoms with Gasteiger partial charge in [-0.2, -0.15) is 4.98 Å². The van der Waals surface area contributed by atoms with Crippen molar-refractivity contribution in [3.05, 3.63) is 66.0 Å². The minimum absolute atomic E-state index is 0.0777. The van der Waals surface area contributed by atoms with Crippen LogP contribution in [0, 0.1) is 17.5 Å². The van der Waals surface area contributed by atoms with Crippen LogP contribution in [0.1, 0.15) is 13.8 Å². The number of anilines is 3. The Kier molecular flexibility index (Phi) is 5.06. The van der Waals surface area contributed by atoms with Crippen LogP contribution in [0.15, 0.2) is 48.5 Å². The molecule has 2 aromatic carbocycles.